The summed E-state index contributed by atoms with van der Waals surface area (Å²) in [6.45, 7) is 0.455. The number of benzene rings is 3. The van der Waals surface area contributed by atoms with Gasteiger partial charge in [-0.1, -0.05) is 78.9 Å². The molecule has 0 bridgehead atoms. The highest BCUT2D eigenvalue weighted by atomic mass is 32.2. The molecule has 5 heteroatoms. The van der Waals surface area contributed by atoms with Gasteiger partial charge in [0, 0.05) is 18.7 Å². The van der Waals surface area contributed by atoms with E-state index in [1.807, 2.05) is 60.7 Å². The van der Waals surface area contributed by atoms with E-state index in [9.17, 15) is 13.2 Å². The zero-order chi connectivity index (χ0) is 18.4. The number of aldehydes is 1. The minimum Gasteiger partial charge on any atom is -0.298 e. The summed E-state index contributed by atoms with van der Waals surface area (Å²) in [5.41, 5.74) is 1.94. The van der Waals surface area contributed by atoms with Crippen molar-refractivity contribution in [2.45, 2.75) is 18.0 Å². The zero-order valence-electron chi connectivity index (χ0n) is 14.2. The first-order chi connectivity index (χ1) is 12.6. The molecule has 0 saturated carbocycles. The van der Waals surface area contributed by atoms with Crippen LogP contribution in [0.25, 0.3) is 0 Å². The molecule has 0 aromatic heterocycles. The molecular formula is C21H19NO3S. The molecule has 4 nitrogen and oxygen atoms in total. The highest BCUT2D eigenvalue weighted by Gasteiger charge is 2.27. The van der Waals surface area contributed by atoms with Crippen LogP contribution < -0.4 is 0 Å². The number of hydrogen-bond donors (Lipinski definition) is 0. The van der Waals surface area contributed by atoms with Gasteiger partial charge in [0.2, 0.25) is 10.0 Å². The van der Waals surface area contributed by atoms with Gasteiger partial charge in [-0.05, 0) is 17.2 Å². The molecule has 0 spiro atoms. The summed E-state index contributed by atoms with van der Waals surface area (Å²) < 4.78 is 28.0. The maximum atomic E-state index is 13.3. The molecule has 0 fully saturated rings. The summed E-state index contributed by atoms with van der Waals surface area (Å²) >= 11 is 0. The Balaban J connectivity index is 2.02. The van der Waals surface area contributed by atoms with Crippen LogP contribution in [0.2, 0.25) is 0 Å². The molecule has 3 aromatic rings. The van der Waals surface area contributed by atoms with Crippen molar-refractivity contribution < 1.29 is 13.2 Å². The van der Waals surface area contributed by atoms with Gasteiger partial charge in [0.05, 0.1) is 4.90 Å². The van der Waals surface area contributed by atoms with E-state index < -0.39 is 10.0 Å². The van der Waals surface area contributed by atoms with Crippen LogP contribution in [0.4, 0.5) is 0 Å². The largest absolute Gasteiger partial charge is 0.298 e. The Hall–Kier alpha value is -2.76. The Labute approximate surface area is 153 Å². The minimum atomic E-state index is -3.84. The van der Waals surface area contributed by atoms with Gasteiger partial charge in [-0.2, -0.15) is 4.31 Å². The summed E-state index contributed by atoms with van der Waals surface area (Å²) in [5.74, 6) is 0. The van der Waals surface area contributed by atoms with Gasteiger partial charge in [-0.3, -0.25) is 4.79 Å². The van der Waals surface area contributed by atoms with Gasteiger partial charge in [0.15, 0.2) is 6.29 Å². The summed E-state index contributed by atoms with van der Waals surface area (Å²) in [7, 11) is -3.84. The minimum absolute atomic E-state index is 0.0295. The van der Waals surface area contributed by atoms with Crippen molar-refractivity contribution in [1.82, 2.24) is 4.31 Å². The molecule has 0 N–H and O–H groups in total. The van der Waals surface area contributed by atoms with Crippen molar-refractivity contribution in [3.05, 3.63) is 102 Å². The highest BCUT2D eigenvalue weighted by Crippen LogP contribution is 2.23. The van der Waals surface area contributed by atoms with E-state index in [0.29, 0.717) is 6.29 Å². The van der Waals surface area contributed by atoms with Crippen molar-refractivity contribution >= 4 is 16.3 Å². The predicted octanol–water partition coefficient (Wildman–Crippen LogP) is 3.89. The fourth-order valence-corrected chi connectivity index (χ4v) is 4.33. The SMILES string of the molecule is O=Cc1ccccc1S(=O)(=O)N(Cc1ccccc1)Cc1ccccc1. The standard InChI is InChI=1S/C21H19NO3S/c23-17-20-13-7-8-14-21(20)26(24,25)22(15-18-9-3-1-4-10-18)16-19-11-5-2-6-12-19/h1-14,17H,15-16H2. The van der Waals surface area contributed by atoms with E-state index in [4.69, 9.17) is 0 Å². The van der Waals surface area contributed by atoms with Gasteiger partial charge in [-0.15, -0.1) is 0 Å². The van der Waals surface area contributed by atoms with Crippen molar-refractivity contribution in [2.75, 3.05) is 0 Å². The molecule has 0 unspecified atom stereocenters. The first kappa shape index (κ1) is 18.0. The smallest absolute Gasteiger partial charge is 0.244 e. The molecule has 0 aliphatic carbocycles. The molecule has 132 valence electrons. The summed E-state index contributed by atoms with van der Waals surface area (Å²) in [6.07, 6.45) is 0.579. The number of hydrogen-bond acceptors (Lipinski definition) is 3. The number of rotatable bonds is 7. The van der Waals surface area contributed by atoms with Gasteiger partial charge >= 0.3 is 0 Å². The van der Waals surface area contributed by atoms with E-state index in [1.165, 1.54) is 16.4 Å². The normalized spacial score (nSPS) is 11.4. The predicted molar refractivity (Wildman–Crippen MR) is 101 cm³/mol. The number of carbonyl (C=O) groups excluding carboxylic acids is 1. The second-order valence-corrected chi connectivity index (χ2v) is 7.81. The Morgan fingerprint density at radius 2 is 1.15 bits per heavy atom. The molecule has 26 heavy (non-hydrogen) atoms. The molecule has 3 aromatic carbocycles. The van der Waals surface area contributed by atoms with E-state index >= 15 is 0 Å². The second-order valence-electron chi connectivity index (χ2n) is 5.90. The third kappa shape index (κ3) is 4.07. The quantitative estimate of drug-likeness (QED) is 0.597. The number of nitrogens with zero attached hydrogens (tertiary/aromatic N) is 1. The van der Waals surface area contributed by atoms with Crippen LogP contribution in [0.5, 0.6) is 0 Å². The highest BCUT2D eigenvalue weighted by molar-refractivity contribution is 7.89. The van der Waals surface area contributed by atoms with Crippen LogP contribution in [-0.4, -0.2) is 19.0 Å². The van der Waals surface area contributed by atoms with Crippen LogP contribution >= 0.6 is 0 Å². The fraction of sp³-hybridized carbons (Fsp3) is 0.0952. The lowest BCUT2D eigenvalue weighted by molar-refractivity contribution is 0.112. The zero-order valence-corrected chi connectivity index (χ0v) is 15.0. The maximum Gasteiger partial charge on any atom is 0.244 e. The van der Waals surface area contributed by atoms with Crippen molar-refractivity contribution in [1.29, 1.82) is 0 Å². The van der Waals surface area contributed by atoms with Crippen LogP contribution in [0.15, 0.2) is 89.8 Å². The van der Waals surface area contributed by atoms with Crippen molar-refractivity contribution in [3.63, 3.8) is 0 Å². The lowest BCUT2D eigenvalue weighted by atomic mass is 10.2. The average molecular weight is 365 g/mol. The molecule has 3 rings (SSSR count). The van der Waals surface area contributed by atoms with Crippen molar-refractivity contribution in [2.24, 2.45) is 0 Å². The van der Waals surface area contributed by atoms with Crippen molar-refractivity contribution in [3.8, 4) is 0 Å². The Kier molecular flexibility index (Phi) is 5.61. The van der Waals surface area contributed by atoms with Gasteiger partial charge < -0.3 is 0 Å². The van der Waals surface area contributed by atoms with Gasteiger partial charge in [0.1, 0.15) is 0 Å². The summed E-state index contributed by atoms with van der Waals surface area (Å²) in [5, 5.41) is 0. The third-order valence-corrected chi connectivity index (χ3v) is 5.93. The molecule has 0 aliphatic rings. The molecular weight excluding hydrogens is 346 g/mol. The maximum absolute atomic E-state index is 13.3. The van der Waals surface area contributed by atoms with E-state index in [2.05, 4.69) is 0 Å². The molecule has 0 atom stereocenters. The van der Waals surface area contributed by atoms with E-state index in [1.54, 1.807) is 12.1 Å². The number of sulfonamides is 1. The third-order valence-electron chi connectivity index (χ3n) is 4.07. The Morgan fingerprint density at radius 1 is 0.692 bits per heavy atom. The van der Waals surface area contributed by atoms with Crippen LogP contribution in [-0.2, 0) is 23.1 Å². The molecule has 0 aliphatic heterocycles. The number of carbonyl (C=O) groups is 1. The lowest BCUT2D eigenvalue weighted by Gasteiger charge is -2.23. The second kappa shape index (κ2) is 8.08. The first-order valence-electron chi connectivity index (χ1n) is 8.23. The van der Waals surface area contributed by atoms with Crippen LogP contribution in [0.1, 0.15) is 21.5 Å². The summed E-state index contributed by atoms with van der Waals surface area (Å²) in [4.78, 5) is 11.4. The van der Waals surface area contributed by atoms with E-state index in [-0.39, 0.29) is 23.5 Å². The summed E-state index contributed by atoms with van der Waals surface area (Å²) in [6, 6.07) is 25.1. The fourth-order valence-electron chi connectivity index (χ4n) is 2.75. The van der Waals surface area contributed by atoms with E-state index in [0.717, 1.165) is 11.1 Å². The lowest BCUT2D eigenvalue weighted by Crippen LogP contribution is -2.31. The molecule has 0 radical (unpaired) electrons. The first-order valence-corrected chi connectivity index (χ1v) is 9.67. The van der Waals surface area contributed by atoms with Crippen LogP contribution in [0, 0.1) is 0 Å². The molecule has 0 saturated heterocycles. The topological polar surface area (TPSA) is 54.5 Å². The Bertz CT molecular complexity index is 929. The average Bonchev–Trinajstić information content (AvgIpc) is 2.69. The molecule has 0 heterocycles. The Morgan fingerprint density at radius 3 is 1.65 bits per heavy atom. The van der Waals surface area contributed by atoms with Gasteiger partial charge in [-0.25, -0.2) is 8.42 Å². The van der Waals surface area contributed by atoms with Gasteiger partial charge in [0.25, 0.3) is 0 Å². The monoisotopic (exact) mass is 365 g/mol. The molecule has 0 amide bonds. The van der Waals surface area contributed by atoms with Crippen LogP contribution in [0.3, 0.4) is 0 Å².